The van der Waals surface area contributed by atoms with Gasteiger partial charge >= 0.3 is 19.8 Å². The summed E-state index contributed by atoms with van der Waals surface area (Å²) in [5, 5.41) is 0. The minimum Gasteiger partial charge on any atom is -0.462 e. The Labute approximate surface area is 493 Å². The van der Waals surface area contributed by atoms with Crippen molar-refractivity contribution in [3.8, 4) is 0 Å². The summed E-state index contributed by atoms with van der Waals surface area (Å²) in [6.45, 7) is 4.31. The average molecular weight is 1140 g/mol. The molecule has 0 aliphatic carbocycles. The number of unbranched alkanes of at least 4 members (excludes halogenated alkanes) is 27. The number of esters is 2. The zero-order chi connectivity index (χ0) is 58.4. The van der Waals surface area contributed by atoms with Crippen LogP contribution < -0.4 is 0 Å². The van der Waals surface area contributed by atoms with Gasteiger partial charge in [-0.1, -0.05) is 264 Å². The van der Waals surface area contributed by atoms with Crippen molar-refractivity contribution in [2.45, 2.75) is 277 Å². The van der Waals surface area contributed by atoms with Crippen molar-refractivity contribution in [3.05, 3.63) is 109 Å². The van der Waals surface area contributed by atoms with Gasteiger partial charge in [0.1, 0.15) is 19.8 Å². The molecule has 0 aromatic carbocycles. The van der Waals surface area contributed by atoms with Crippen LogP contribution in [0.5, 0.6) is 0 Å². The van der Waals surface area contributed by atoms with Crippen LogP contribution in [0.2, 0.25) is 0 Å². The third kappa shape index (κ3) is 63.8. The number of hydrogen-bond donors (Lipinski definition) is 1. The molecule has 460 valence electrons. The van der Waals surface area contributed by atoms with E-state index < -0.39 is 26.5 Å². The predicted octanol–water partition coefficient (Wildman–Crippen LogP) is 20.9. The molecule has 1 N–H and O–H groups in total. The van der Waals surface area contributed by atoms with Gasteiger partial charge in [0, 0.05) is 12.8 Å². The number of hydrogen-bond acceptors (Lipinski definition) is 7. The van der Waals surface area contributed by atoms with Crippen LogP contribution in [0.3, 0.4) is 0 Å². The second-order valence-corrected chi connectivity index (χ2v) is 24.2. The summed E-state index contributed by atoms with van der Waals surface area (Å²) in [5.41, 5.74) is 0. The van der Waals surface area contributed by atoms with Gasteiger partial charge in [-0.25, -0.2) is 4.57 Å². The number of phosphoric acid groups is 1. The fourth-order valence-corrected chi connectivity index (χ4v) is 9.53. The molecule has 0 heterocycles. The van der Waals surface area contributed by atoms with E-state index in [1.54, 1.807) is 0 Å². The summed E-state index contributed by atoms with van der Waals surface area (Å²) < 4.78 is 34.7. The molecule has 0 saturated heterocycles. The van der Waals surface area contributed by atoms with Crippen LogP contribution in [0.15, 0.2) is 109 Å². The molecule has 0 aromatic rings. The summed E-state index contributed by atoms with van der Waals surface area (Å²) in [6, 6.07) is 0. The predicted molar refractivity (Wildman–Crippen MR) is 344 cm³/mol. The molecule has 0 rings (SSSR count). The van der Waals surface area contributed by atoms with E-state index >= 15 is 0 Å². The van der Waals surface area contributed by atoms with Crippen LogP contribution >= 0.6 is 7.82 Å². The van der Waals surface area contributed by atoms with Crippen LogP contribution in [0.1, 0.15) is 271 Å². The molecule has 2 unspecified atom stereocenters. The van der Waals surface area contributed by atoms with Crippen molar-refractivity contribution in [2.24, 2.45) is 0 Å². The van der Waals surface area contributed by atoms with Gasteiger partial charge in [-0.15, -0.1) is 0 Å². The molecule has 0 aliphatic heterocycles. The summed E-state index contributed by atoms with van der Waals surface area (Å²) in [4.78, 5) is 35.8. The largest absolute Gasteiger partial charge is 0.472 e. The third-order valence-corrected chi connectivity index (χ3v) is 14.8. The smallest absolute Gasteiger partial charge is 0.462 e. The van der Waals surface area contributed by atoms with E-state index in [-0.39, 0.29) is 32.0 Å². The van der Waals surface area contributed by atoms with E-state index in [0.717, 1.165) is 103 Å². The number of carbonyl (C=O) groups is 2. The van der Waals surface area contributed by atoms with Crippen molar-refractivity contribution in [2.75, 3.05) is 47.5 Å². The zero-order valence-corrected chi connectivity index (χ0v) is 53.2. The van der Waals surface area contributed by atoms with Crippen LogP contribution in [0, 0.1) is 0 Å². The summed E-state index contributed by atoms with van der Waals surface area (Å²) >= 11 is 0. The number of phosphoric ester groups is 1. The zero-order valence-electron chi connectivity index (χ0n) is 52.3. The molecule has 80 heavy (non-hydrogen) atoms. The van der Waals surface area contributed by atoms with Gasteiger partial charge < -0.3 is 18.9 Å². The van der Waals surface area contributed by atoms with Crippen molar-refractivity contribution in [3.63, 3.8) is 0 Å². The topological polar surface area (TPSA) is 108 Å². The Morgan fingerprint density at radius 1 is 0.400 bits per heavy atom. The Bertz CT molecular complexity index is 1720. The Morgan fingerprint density at radius 3 is 1.06 bits per heavy atom. The SMILES string of the molecule is CC/C=C\C/C=C\C/C=C\C/C=C\C/C=C\C/C=C\CCCCCCCCCCCCCCCCC(=O)OC(COC(=O)CCCCCCCCCC/C=C\C/C=C\C/C=C\CCCCCCC)COP(=O)(O)OCC[N+](C)(C)C. The molecule has 0 bridgehead atoms. The molecule has 0 aromatic heterocycles. The molecule has 2 atom stereocenters. The number of carbonyl (C=O) groups excluding carboxylic acids is 2. The van der Waals surface area contributed by atoms with E-state index in [1.165, 1.54) is 135 Å². The number of quaternary nitrogens is 1. The molecule has 0 aliphatic rings. The maximum Gasteiger partial charge on any atom is 0.472 e. The fourth-order valence-electron chi connectivity index (χ4n) is 8.79. The first-order valence-electron chi connectivity index (χ1n) is 32.6. The maximum atomic E-state index is 12.9. The lowest BCUT2D eigenvalue weighted by molar-refractivity contribution is -0.870. The number of allylic oxidation sites excluding steroid dienone is 18. The van der Waals surface area contributed by atoms with Gasteiger partial charge in [-0.05, 0) is 103 Å². The molecule has 9 nitrogen and oxygen atoms in total. The first kappa shape index (κ1) is 76.7. The Hall–Kier alpha value is -3.33. The average Bonchev–Trinajstić information content (AvgIpc) is 3.42. The number of ether oxygens (including phenoxy) is 2. The summed E-state index contributed by atoms with van der Waals surface area (Å²) in [6.07, 6.45) is 84.5. The standard InChI is InChI=1S/C70H122NO8P/c1-6-8-10-12-14-16-18-20-22-24-26-28-30-31-32-33-34-35-36-37-38-39-41-43-45-47-49-51-53-55-57-59-61-63-70(73)79-68(67-78-80(74,75)77-65-64-71(3,4)5)66-76-69(72)62-60-58-56-54-52-50-48-46-44-42-40-29-27-25-23-21-19-17-15-13-11-9-7-2/h8,10,14,16,19-22,25-28,31-32,34-35,40,42,68H,6-7,9,11-13,15,17-18,23-24,29-30,33,36-39,41,43-67H2,1-5H3/p+1/b10-8-,16-14-,21-19-,22-20-,27-25-,28-26-,32-31-,35-34-,42-40-. The Kier molecular flexibility index (Phi) is 57.8. The van der Waals surface area contributed by atoms with Crippen molar-refractivity contribution in [1.82, 2.24) is 0 Å². The monoisotopic (exact) mass is 1140 g/mol. The van der Waals surface area contributed by atoms with E-state index in [1.807, 2.05) is 21.1 Å². The third-order valence-electron chi connectivity index (χ3n) is 13.8. The van der Waals surface area contributed by atoms with Gasteiger partial charge in [-0.3, -0.25) is 18.6 Å². The highest BCUT2D eigenvalue weighted by Gasteiger charge is 2.27. The van der Waals surface area contributed by atoms with Crippen molar-refractivity contribution < 1.29 is 42.1 Å². The lowest BCUT2D eigenvalue weighted by atomic mass is 10.0. The lowest BCUT2D eigenvalue weighted by Crippen LogP contribution is -2.37. The van der Waals surface area contributed by atoms with Crippen molar-refractivity contribution >= 4 is 19.8 Å². The Balaban J connectivity index is 4.11. The van der Waals surface area contributed by atoms with E-state index in [0.29, 0.717) is 17.4 Å². The second kappa shape index (κ2) is 60.3. The van der Waals surface area contributed by atoms with Crippen LogP contribution in [-0.2, 0) is 32.7 Å². The lowest BCUT2D eigenvalue weighted by Gasteiger charge is -2.24. The van der Waals surface area contributed by atoms with E-state index in [9.17, 15) is 19.0 Å². The molecule has 0 spiro atoms. The molecule has 10 heteroatoms. The minimum atomic E-state index is -4.40. The highest BCUT2D eigenvalue weighted by Crippen LogP contribution is 2.43. The number of likely N-dealkylation sites (N-methyl/N-ethyl adjacent to an activating group) is 1. The van der Waals surface area contributed by atoms with Gasteiger partial charge in [0.25, 0.3) is 0 Å². The van der Waals surface area contributed by atoms with Gasteiger partial charge in [0.15, 0.2) is 6.10 Å². The molecular formula is C70H123NO8P+. The normalized spacial score (nSPS) is 13.9. The van der Waals surface area contributed by atoms with Crippen LogP contribution in [0.4, 0.5) is 0 Å². The first-order chi connectivity index (χ1) is 39.0. The quantitative estimate of drug-likeness (QED) is 0.0211. The first-order valence-corrected chi connectivity index (χ1v) is 34.1. The van der Waals surface area contributed by atoms with Gasteiger partial charge in [0.05, 0.1) is 27.7 Å². The molecular weight excluding hydrogens is 1010 g/mol. The van der Waals surface area contributed by atoms with Crippen LogP contribution in [0.25, 0.3) is 0 Å². The Morgan fingerprint density at radius 2 is 0.713 bits per heavy atom. The van der Waals surface area contributed by atoms with Crippen molar-refractivity contribution in [1.29, 1.82) is 0 Å². The molecule has 0 saturated carbocycles. The van der Waals surface area contributed by atoms with Crippen LogP contribution in [-0.4, -0.2) is 74.9 Å². The van der Waals surface area contributed by atoms with Gasteiger partial charge in [0.2, 0.25) is 0 Å². The van der Waals surface area contributed by atoms with E-state index in [2.05, 4.69) is 123 Å². The second-order valence-electron chi connectivity index (χ2n) is 22.8. The maximum absolute atomic E-state index is 12.9. The molecule has 0 radical (unpaired) electrons. The summed E-state index contributed by atoms with van der Waals surface area (Å²) in [7, 11) is 1.47. The molecule has 0 fully saturated rings. The highest BCUT2D eigenvalue weighted by atomic mass is 31.2. The number of nitrogens with zero attached hydrogens (tertiary/aromatic N) is 1. The van der Waals surface area contributed by atoms with Gasteiger partial charge in [-0.2, -0.15) is 0 Å². The fraction of sp³-hybridized carbons (Fsp3) is 0.714. The highest BCUT2D eigenvalue weighted by molar-refractivity contribution is 7.47. The number of rotatable bonds is 59. The van der Waals surface area contributed by atoms with E-state index in [4.69, 9.17) is 18.5 Å². The molecule has 0 amide bonds. The minimum absolute atomic E-state index is 0.0261. The summed E-state index contributed by atoms with van der Waals surface area (Å²) in [5.74, 6) is -0.805.